The number of hydrogen-bond donors (Lipinski definition) is 3. The zero-order chi connectivity index (χ0) is 23.3. The fourth-order valence-corrected chi connectivity index (χ4v) is 3.53. The number of primary amides is 1. The van der Waals surface area contributed by atoms with Crippen LogP contribution >= 0.6 is 12.4 Å². The van der Waals surface area contributed by atoms with E-state index in [0.717, 1.165) is 28.0 Å². The van der Waals surface area contributed by atoms with Crippen molar-refractivity contribution < 1.29 is 9.53 Å². The van der Waals surface area contributed by atoms with Crippen LogP contribution in [0.3, 0.4) is 0 Å². The molecule has 0 unspecified atom stereocenters. The highest BCUT2D eigenvalue weighted by Gasteiger charge is 2.06. The van der Waals surface area contributed by atoms with Gasteiger partial charge in [0.25, 0.3) is 0 Å². The van der Waals surface area contributed by atoms with Crippen molar-refractivity contribution in [2.24, 2.45) is 5.73 Å². The molecule has 0 aliphatic heterocycles. The first kappa shape index (κ1) is 23.5. The standard InChI is InChI=1S/C27H21N5O2.ClH/c28-26(33)19-7-3-8-21(17-19)31-27-29-16-15-25(32-27)30-20-11-13-22(14-12-20)34-24-10-4-6-18-5-1-2-9-23(18)24;/h1-17H,(H2,28,33)(H2,29,30,31,32);1H. The topological polar surface area (TPSA) is 102 Å². The van der Waals surface area contributed by atoms with Gasteiger partial charge in [-0.2, -0.15) is 4.98 Å². The van der Waals surface area contributed by atoms with E-state index in [1.807, 2.05) is 60.7 Å². The summed E-state index contributed by atoms with van der Waals surface area (Å²) in [6.45, 7) is 0. The molecular formula is C27H22ClN5O2. The first-order valence-corrected chi connectivity index (χ1v) is 10.7. The first-order valence-electron chi connectivity index (χ1n) is 10.7. The summed E-state index contributed by atoms with van der Waals surface area (Å²) in [6, 6.07) is 30.4. The van der Waals surface area contributed by atoms with Crippen LogP contribution in [0.2, 0.25) is 0 Å². The number of halogens is 1. The Kier molecular flexibility index (Phi) is 7.09. The van der Waals surface area contributed by atoms with E-state index in [0.29, 0.717) is 23.0 Å². The molecule has 0 radical (unpaired) electrons. The number of benzene rings is 4. The Labute approximate surface area is 208 Å². The van der Waals surface area contributed by atoms with Crippen LogP contribution in [0.1, 0.15) is 10.4 Å². The molecule has 0 saturated heterocycles. The third kappa shape index (κ3) is 5.66. The minimum absolute atomic E-state index is 0. The van der Waals surface area contributed by atoms with Crippen LogP contribution in [0, 0.1) is 0 Å². The van der Waals surface area contributed by atoms with Crippen molar-refractivity contribution in [2.45, 2.75) is 0 Å². The fourth-order valence-electron chi connectivity index (χ4n) is 3.53. The van der Waals surface area contributed by atoms with Crippen molar-refractivity contribution in [3.63, 3.8) is 0 Å². The van der Waals surface area contributed by atoms with Crippen LogP contribution in [0.4, 0.5) is 23.1 Å². The van der Waals surface area contributed by atoms with Gasteiger partial charge in [0.15, 0.2) is 0 Å². The van der Waals surface area contributed by atoms with E-state index >= 15 is 0 Å². The molecule has 1 amide bonds. The Balaban J connectivity index is 0.00000289. The second-order valence-corrected chi connectivity index (χ2v) is 7.56. The molecule has 0 fully saturated rings. The highest BCUT2D eigenvalue weighted by atomic mass is 35.5. The molecule has 1 heterocycles. The number of ether oxygens (including phenoxy) is 1. The van der Waals surface area contributed by atoms with Crippen LogP contribution in [0.5, 0.6) is 11.5 Å². The molecule has 0 aliphatic carbocycles. The van der Waals surface area contributed by atoms with Gasteiger partial charge in [0.2, 0.25) is 11.9 Å². The average molecular weight is 484 g/mol. The van der Waals surface area contributed by atoms with Crippen molar-refractivity contribution in [2.75, 3.05) is 10.6 Å². The molecule has 8 heteroatoms. The maximum absolute atomic E-state index is 11.4. The van der Waals surface area contributed by atoms with Crippen molar-refractivity contribution in [1.29, 1.82) is 0 Å². The van der Waals surface area contributed by atoms with Gasteiger partial charge >= 0.3 is 0 Å². The van der Waals surface area contributed by atoms with E-state index in [1.165, 1.54) is 0 Å². The highest BCUT2D eigenvalue weighted by molar-refractivity contribution is 5.93. The Morgan fingerprint density at radius 2 is 1.57 bits per heavy atom. The molecule has 0 spiro atoms. The Hall–Kier alpha value is -4.62. The maximum Gasteiger partial charge on any atom is 0.248 e. The Bertz CT molecular complexity index is 1470. The summed E-state index contributed by atoms with van der Waals surface area (Å²) in [5.74, 6) is 2.06. The summed E-state index contributed by atoms with van der Waals surface area (Å²) in [7, 11) is 0. The number of anilines is 4. The van der Waals surface area contributed by atoms with Gasteiger partial charge < -0.3 is 21.1 Å². The summed E-state index contributed by atoms with van der Waals surface area (Å²) in [5.41, 5.74) is 7.28. The van der Waals surface area contributed by atoms with Crippen LogP contribution in [0.25, 0.3) is 10.8 Å². The first-order chi connectivity index (χ1) is 16.6. The van der Waals surface area contributed by atoms with Gasteiger partial charge in [0, 0.05) is 28.5 Å². The van der Waals surface area contributed by atoms with Gasteiger partial charge in [0.05, 0.1) is 0 Å². The lowest BCUT2D eigenvalue weighted by Crippen LogP contribution is -2.11. The van der Waals surface area contributed by atoms with Gasteiger partial charge in [-0.3, -0.25) is 4.79 Å². The molecule has 0 bridgehead atoms. The van der Waals surface area contributed by atoms with Gasteiger partial charge in [0.1, 0.15) is 17.3 Å². The van der Waals surface area contributed by atoms with E-state index in [1.54, 1.807) is 30.5 Å². The molecule has 0 atom stereocenters. The summed E-state index contributed by atoms with van der Waals surface area (Å²) >= 11 is 0. The molecular weight excluding hydrogens is 462 g/mol. The summed E-state index contributed by atoms with van der Waals surface area (Å²) in [6.07, 6.45) is 1.65. The summed E-state index contributed by atoms with van der Waals surface area (Å²) in [4.78, 5) is 20.1. The van der Waals surface area contributed by atoms with E-state index in [-0.39, 0.29) is 12.4 Å². The number of rotatable bonds is 7. The minimum atomic E-state index is -0.493. The number of carbonyl (C=O) groups excluding carboxylic acids is 1. The normalized spacial score (nSPS) is 10.3. The van der Waals surface area contributed by atoms with E-state index < -0.39 is 5.91 Å². The number of hydrogen-bond acceptors (Lipinski definition) is 6. The largest absolute Gasteiger partial charge is 0.457 e. The molecule has 5 rings (SSSR count). The zero-order valence-electron chi connectivity index (χ0n) is 18.5. The fraction of sp³-hybridized carbons (Fsp3) is 0. The maximum atomic E-state index is 11.4. The van der Waals surface area contributed by atoms with Crippen LogP contribution < -0.4 is 21.1 Å². The van der Waals surface area contributed by atoms with E-state index in [4.69, 9.17) is 10.5 Å². The van der Waals surface area contributed by atoms with Crippen LogP contribution in [0.15, 0.2) is 103 Å². The zero-order valence-corrected chi connectivity index (χ0v) is 19.3. The number of fused-ring (bicyclic) bond motifs is 1. The molecule has 4 aromatic carbocycles. The predicted molar refractivity (Wildman–Crippen MR) is 141 cm³/mol. The minimum Gasteiger partial charge on any atom is -0.457 e. The highest BCUT2D eigenvalue weighted by Crippen LogP contribution is 2.30. The van der Waals surface area contributed by atoms with Gasteiger partial charge in [-0.25, -0.2) is 4.98 Å². The molecule has 0 aliphatic rings. The number of amides is 1. The number of carbonyl (C=O) groups is 1. The molecule has 4 N–H and O–H groups in total. The van der Waals surface area contributed by atoms with Crippen molar-refractivity contribution >= 4 is 52.2 Å². The van der Waals surface area contributed by atoms with E-state index in [2.05, 4.69) is 32.7 Å². The Morgan fingerprint density at radius 1 is 0.800 bits per heavy atom. The quantitative estimate of drug-likeness (QED) is 0.246. The summed E-state index contributed by atoms with van der Waals surface area (Å²) in [5, 5.41) is 8.54. The molecule has 5 aromatic rings. The lowest BCUT2D eigenvalue weighted by atomic mass is 10.1. The lowest BCUT2D eigenvalue weighted by molar-refractivity contribution is 0.100. The smallest absolute Gasteiger partial charge is 0.248 e. The second kappa shape index (κ2) is 10.5. The van der Waals surface area contributed by atoms with Gasteiger partial charge in [-0.05, 0) is 60.0 Å². The van der Waals surface area contributed by atoms with Gasteiger partial charge in [-0.15, -0.1) is 12.4 Å². The lowest BCUT2D eigenvalue weighted by Gasteiger charge is -2.11. The number of aromatic nitrogens is 2. The van der Waals surface area contributed by atoms with Crippen molar-refractivity contribution in [3.8, 4) is 11.5 Å². The molecule has 7 nitrogen and oxygen atoms in total. The molecule has 0 saturated carbocycles. The average Bonchev–Trinajstić information content (AvgIpc) is 2.86. The molecule has 1 aromatic heterocycles. The number of nitrogens with one attached hydrogen (secondary N) is 2. The van der Waals surface area contributed by atoms with E-state index in [9.17, 15) is 4.79 Å². The second-order valence-electron chi connectivity index (χ2n) is 7.56. The monoisotopic (exact) mass is 483 g/mol. The molecule has 174 valence electrons. The third-order valence-electron chi connectivity index (χ3n) is 5.16. The summed E-state index contributed by atoms with van der Waals surface area (Å²) < 4.78 is 6.11. The number of nitrogens with zero attached hydrogens (tertiary/aromatic N) is 2. The Morgan fingerprint density at radius 3 is 2.40 bits per heavy atom. The SMILES string of the molecule is Cl.NC(=O)c1cccc(Nc2nccc(Nc3ccc(Oc4cccc5ccccc45)cc3)n2)c1. The number of nitrogens with two attached hydrogens (primary N) is 1. The van der Waals surface area contributed by atoms with Crippen molar-refractivity contribution in [1.82, 2.24) is 9.97 Å². The molecule has 35 heavy (non-hydrogen) atoms. The van der Waals surface area contributed by atoms with Crippen LogP contribution in [-0.2, 0) is 0 Å². The predicted octanol–water partition coefficient (Wildman–Crippen LogP) is 6.43. The third-order valence-corrected chi connectivity index (χ3v) is 5.16. The van der Waals surface area contributed by atoms with Gasteiger partial charge in [-0.1, -0.05) is 42.5 Å². The van der Waals surface area contributed by atoms with Crippen LogP contribution in [-0.4, -0.2) is 15.9 Å². The van der Waals surface area contributed by atoms with Crippen molar-refractivity contribution in [3.05, 3.63) is 109 Å².